The molecule has 0 radical (unpaired) electrons. The van der Waals surface area contributed by atoms with Crippen molar-refractivity contribution < 1.29 is 28.5 Å². The molecule has 2 N–H and O–H groups in total. The van der Waals surface area contributed by atoms with Crippen molar-refractivity contribution in [2.24, 2.45) is 0 Å². The minimum absolute atomic E-state index is 0.127. The molecule has 1 amide bonds. The quantitative estimate of drug-likeness (QED) is 0.505. The summed E-state index contributed by atoms with van der Waals surface area (Å²) in [7, 11) is 1.63. The number of methoxy groups -OCH3 is 1. The van der Waals surface area contributed by atoms with Crippen molar-refractivity contribution >= 4 is 40.5 Å². The fourth-order valence-electron chi connectivity index (χ4n) is 4.48. The molecule has 12 heteroatoms. The number of halogens is 1. The van der Waals surface area contributed by atoms with Crippen LogP contribution in [0.1, 0.15) is 0 Å². The van der Waals surface area contributed by atoms with Gasteiger partial charge in [0.05, 0.1) is 44.0 Å². The Morgan fingerprint density at radius 1 is 1.22 bits per heavy atom. The highest BCUT2D eigenvalue weighted by Gasteiger charge is 2.49. The second kappa shape index (κ2) is 11.0. The van der Waals surface area contributed by atoms with Gasteiger partial charge in [0.2, 0.25) is 17.7 Å². The number of nitrogens with zero attached hydrogens (tertiary/aromatic N) is 3. The highest BCUT2D eigenvalue weighted by Crippen LogP contribution is 2.34. The maximum absolute atomic E-state index is 12.1. The Morgan fingerprint density at radius 3 is 2.72 bits per heavy atom. The van der Waals surface area contributed by atoms with Gasteiger partial charge in [-0.25, -0.2) is 4.98 Å². The van der Waals surface area contributed by atoms with Crippen LogP contribution in [-0.4, -0.2) is 86.9 Å². The van der Waals surface area contributed by atoms with Gasteiger partial charge < -0.3 is 39.2 Å². The van der Waals surface area contributed by atoms with E-state index >= 15 is 0 Å². The molecule has 2 aromatic rings. The number of aromatic nitrogens is 2. The van der Waals surface area contributed by atoms with Gasteiger partial charge in [0.1, 0.15) is 23.3 Å². The monoisotopic (exact) mass is 517 g/mol. The molecule has 4 atom stereocenters. The van der Waals surface area contributed by atoms with Gasteiger partial charge in [0.25, 0.3) is 0 Å². The van der Waals surface area contributed by atoms with Gasteiger partial charge in [-0.2, -0.15) is 4.98 Å². The summed E-state index contributed by atoms with van der Waals surface area (Å²) in [6.07, 6.45) is 1.75. The third-order valence-electron chi connectivity index (χ3n) is 6.29. The summed E-state index contributed by atoms with van der Waals surface area (Å²) < 4.78 is 28.6. The van der Waals surface area contributed by atoms with Crippen LogP contribution >= 0.6 is 11.6 Å². The van der Waals surface area contributed by atoms with E-state index in [0.29, 0.717) is 37.8 Å². The number of carbonyl (C=O) groups excluding carboxylic acids is 1. The Balaban J connectivity index is 1.33. The molecule has 3 saturated heterocycles. The molecule has 36 heavy (non-hydrogen) atoms. The highest BCUT2D eigenvalue weighted by molar-refractivity contribution is 6.31. The van der Waals surface area contributed by atoms with Crippen molar-refractivity contribution in [1.82, 2.24) is 9.97 Å². The van der Waals surface area contributed by atoms with Crippen LogP contribution in [0.3, 0.4) is 0 Å². The van der Waals surface area contributed by atoms with Crippen LogP contribution in [0.15, 0.2) is 37.1 Å². The fraction of sp³-hybridized carbons (Fsp3) is 0.458. The van der Waals surface area contributed by atoms with Crippen LogP contribution in [-0.2, 0) is 23.7 Å². The molecule has 1 aromatic carbocycles. The van der Waals surface area contributed by atoms with Crippen molar-refractivity contribution in [3.63, 3.8) is 0 Å². The normalized spacial score (nSPS) is 25.3. The van der Waals surface area contributed by atoms with Gasteiger partial charge in [-0.3, -0.25) is 4.79 Å². The lowest BCUT2D eigenvalue weighted by Crippen LogP contribution is -2.36. The van der Waals surface area contributed by atoms with E-state index < -0.39 is 0 Å². The Hall–Kier alpha value is -2.96. The average Bonchev–Trinajstić information content (AvgIpc) is 3.49. The Kier molecular flexibility index (Phi) is 7.54. The van der Waals surface area contributed by atoms with E-state index in [2.05, 4.69) is 32.1 Å². The minimum Gasteiger partial charge on any atom is -0.468 e. The van der Waals surface area contributed by atoms with Crippen molar-refractivity contribution in [3.05, 3.63) is 42.1 Å². The molecule has 11 nitrogen and oxygen atoms in total. The number of carbonyl (C=O) groups is 1. The average molecular weight is 518 g/mol. The summed E-state index contributed by atoms with van der Waals surface area (Å²) in [5.41, 5.74) is 2.20. The molecule has 0 saturated carbocycles. The molecule has 0 spiro atoms. The maximum Gasteiger partial charge on any atom is 0.247 e. The Labute approximate surface area is 213 Å². The minimum atomic E-state index is -0.371. The number of anilines is 4. The molecule has 0 aliphatic carbocycles. The van der Waals surface area contributed by atoms with E-state index in [4.69, 9.17) is 35.3 Å². The molecule has 3 aliphatic rings. The van der Waals surface area contributed by atoms with Crippen LogP contribution in [0.4, 0.5) is 23.0 Å². The van der Waals surface area contributed by atoms with E-state index in [-0.39, 0.29) is 47.2 Å². The Bertz CT molecular complexity index is 1110. The maximum atomic E-state index is 12.1. The van der Waals surface area contributed by atoms with Gasteiger partial charge in [0.15, 0.2) is 6.10 Å². The molecule has 3 fully saturated rings. The summed E-state index contributed by atoms with van der Waals surface area (Å²) in [6.45, 7) is 7.04. The number of rotatable bonds is 8. The third-order valence-corrected chi connectivity index (χ3v) is 6.55. The first kappa shape index (κ1) is 24.7. The van der Waals surface area contributed by atoms with E-state index in [1.165, 1.54) is 12.3 Å². The molecule has 1 aromatic heterocycles. The first-order valence-electron chi connectivity index (χ1n) is 11.7. The van der Waals surface area contributed by atoms with Gasteiger partial charge in [0, 0.05) is 25.9 Å². The largest absolute Gasteiger partial charge is 0.468 e. The zero-order valence-electron chi connectivity index (χ0n) is 19.8. The molecule has 0 bridgehead atoms. The van der Waals surface area contributed by atoms with Crippen molar-refractivity contribution in [3.8, 4) is 5.88 Å². The number of nitrogens with one attached hydrogen (secondary N) is 2. The lowest BCUT2D eigenvalue weighted by Gasteiger charge is -2.30. The van der Waals surface area contributed by atoms with Gasteiger partial charge in [-0.15, -0.1) is 0 Å². The highest BCUT2D eigenvalue weighted by atomic mass is 35.5. The van der Waals surface area contributed by atoms with Crippen molar-refractivity contribution in [1.29, 1.82) is 0 Å². The predicted octanol–water partition coefficient (Wildman–Crippen LogP) is 2.39. The van der Waals surface area contributed by atoms with Gasteiger partial charge in [-0.05, 0) is 24.3 Å². The molecule has 3 aliphatic heterocycles. The summed E-state index contributed by atoms with van der Waals surface area (Å²) in [5.74, 6) is 0.201. The van der Waals surface area contributed by atoms with Gasteiger partial charge in [-0.1, -0.05) is 18.2 Å². The number of fused-ring (bicyclic) bond motifs is 1. The standard InChI is InChI=1S/C24H28ClN5O6/c1-3-20(31)28-16-10-14(4-5-17(16)30-6-8-33-9-7-30)27-24-26-11-15(25)23(29-24)36-19-13-35-21-18(32-2)12-34-22(19)21/h3-5,10-11,18-19,21-22H,1,6-9,12-13H2,2H3,(H,28,31)(H,26,27,29)/t18-,19-,21-,22-/m1/s1. The van der Waals surface area contributed by atoms with Crippen molar-refractivity contribution in [2.45, 2.75) is 24.4 Å². The number of amides is 1. The molecular weight excluding hydrogens is 490 g/mol. The van der Waals surface area contributed by atoms with Crippen LogP contribution in [0, 0.1) is 0 Å². The van der Waals surface area contributed by atoms with Crippen LogP contribution in [0.2, 0.25) is 5.02 Å². The SMILES string of the molecule is C=CC(=O)Nc1cc(Nc2ncc(Cl)c(O[C@@H]3CO[C@H]4[C@@H]3OC[C@H]4OC)n2)ccc1N1CCOCC1. The topological polar surface area (TPSA) is 116 Å². The van der Waals surface area contributed by atoms with E-state index in [1.807, 2.05) is 18.2 Å². The predicted molar refractivity (Wildman–Crippen MR) is 133 cm³/mol. The number of ether oxygens (including phenoxy) is 5. The van der Waals surface area contributed by atoms with E-state index in [9.17, 15) is 4.79 Å². The first-order valence-corrected chi connectivity index (χ1v) is 12.1. The van der Waals surface area contributed by atoms with Crippen LogP contribution in [0.5, 0.6) is 5.88 Å². The smallest absolute Gasteiger partial charge is 0.247 e. The molecular formula is C24H28ClN5O6. The summed E-state index contributed by atoms with van der Waals surface area (Å²) in [6, 6.07) is 5.64. The fourth-order valence-corrected chi connectivity index (χ4v) is 4.61. The second-order valence-electron chi connectivity index (χ2n) is 8.52. The lowest BCUT2D eigenvalue weighted by atomic mass is 10.1. The van der Waals surface area contributed by atoms with E-state index in [0.717, 1.165) is 18.8 Å². The molecule has 0 unspecified atom stereocenters. The Morgan fingerprint density at radius 2 is 1.97 bits per heavy atom. The van der Waals surface area contributed by atoms with Crippen LogP contribution in [0.25, 0.3) is 0 Å². The molecule has 5 rings (SSSR count). The summed E-state index contributed by atoms with van der Waals surface area (Å²) in [5, 5.41) is 6.31. The second-order valence-corrected chi connectivity index (χ2v) is 8.93. The number of hydrogen-bond acceptors (Lipinski definition) is 10. The summed E-state index contributed by atoms with van der Waals surface area (Å²) >= 11 is 6.33. The zero-order valence-corrected chi connectivity index (χ0v) is 20.6. The molecule has 192 valence electrons. The van der Waals surface area contributed by atoms with Crippen molar-refractivity contribution in [2.75, 3.05) is 62.2 Å². The number of morpholine rings is 1. The zero-order chi connectivity index (χ0) is 25.1. The lowest BCUT2D eigenvalue weighted by molar-refractivity contribution is -0.111. The number of benzene rings is 1. The van der Waals surface area contributed by atoms with Crippen LogP contribution < -0.4 is 20.3 Å². The first-order chi connectivity index (χ1) is 17.6. The van der Waals surface area contributed by atoms with Gasteiger partial charge >= 0.3 is 0 Å². The summed E-state index contributed by atoms with van der Waals surface area (Å²) in [4.78, 5) is 23.0. The number of hydrogen-bond donors (Lipinski definition) is 2. The third kappa shape index (κ3) is 5.25. The molecule has 4 heterocycles. The van der Waals surface area contributed by atoms with E-state index in [1.54, 1.807) is 7.11 Å².